The largest absolute Gasteiger partial charge is 0.444 e. The number of carbonyl (C=O) groups excluding carboxylic acids is 1. The Morgan fingerprint density at radius 3 is 2.21 bits per heavy atom. The minimum atomic E-state index is -0.501. The highest BCUT2D eigenvalue weighted by Gasteiger charge is 2.19. The fourth-order valence-electron chi connectivity index (χ4n) is 3.00. The average molecular weight is 569 g/mol. The number of aliphatic imine (C=N–C) groups is 1. The molecular formula is C24H37IN6O2. The van der Waals surface area contributed by atoms with Crippen molar-refractivity contribution >= 4 is 41.8 Å². The smallest absolute Gasteiger partial charge is 0.410 e. The Balaban J connectivity index is 0.00000544. The van der Waals surface area contributed by atoms with Gasteiger partial charge in [0.25, 0.3) is 0 Å². The van der Waals surface area contributed by atoms with Crippen LogP contribution in [0, 0.1) is 0 Å². The highest BCUT2D eigenvalue weighted by molar-refractivity contribution is 14.0. The predicted molar refractivity (Wildman–Crippen MR) is 145 cm³/mol. The minimum Gasteiger partial charge on any atom is -0.444 e. The van der Waals surface area contributed by atoms with Gasteiger partial charge in [-0.3, -0.25) is 4.99 Å². The van der Waals surface area contributed by atoms with Gasteiger partial charge in [0.2, 0.25) is 0 Å². The van der Waals surface area contributed by atoms with Crippen LogP contribution in [0.1, 0.15) is 37.5 Å². The maximum absolute atomic E-state index is 12.1. The zero-order valence-corrected chi connectivity index (χ0v) is 23.0. The molecule has 0 aliphatic rings. The highest BCUT2D eigenvalue weighted by Crippen LogP contribution is 2.14. The lowest BCUT2D eigenvalue weighted by Gasteiger charge is -2.24. The molecule has 0 radical (unpaired) electrons. The van der Waals surface area contributed by atoms with E-state index in [0.717, 1.165) is 22.5 Å². The third-order valence-electron chi connectivity index (χ3n) is 4.57. The van der Waals surface area contributed by atoms with Gasteiger partial charge < -0.3 is 25.2 Å². The van der Waals surface area contributed by atoms with Crippen molar-refractivity contribution in [3.8, 4) is 0 Å². The zero-order valence-electron chi connectivity index (χ0n) is 20.7. The Hall–Kier alpha value is -2.56. The number of ether oxygens (including phenoxy) is 1. The molecule has 8 nitrogen and oxygen atoms in total. The average Bonchev–Trinajstić information content (AvgIpc) is 2.73. The second kappa shape index (κ2) is 13.2. The summed E-state index contributed by atoms with van der Waals surface area (Å²) in [6, 6.07) is 12.1. The van der Waals surface area contributed by atoms with Gasteiger partial charge in [0, 0.05) is 59.6 Å². The summed E-state index contributed by atoms with van der Waals surface area (Å²) >= 11 is 0. The molecule has 1 amide bonds. The van der Waals surface area contributed by atoms with Crippen LogP contribution >= 0.6 is 24.0 Å². The Labute approximate surface area is 214 Å². The Kier molecular flexibility index (Phi) is 11.4. The first-order chi connectivity index (χ1) is 15.1. The first-order valence-electron chi connectivity index (χ1n) is 10.7. The topological polar surface area (TPSA) is 82.1 Å². The molecular weight excluding hydrogens is 531 g/mol. The number of nitrogens with one attached hydrogen (secondary N) is 2. The van der Waals surface area contributed by atoms with Crippen molar-refractivity contribution in [1.82, 2.24) is 20.5 Å². The molecule has 2 N–H and O–H groups in total. The molecule has 1 aromatic heterocycles. The molecule has 0 aliphatic carbocycles. The Bertz CT molecular complexity index is 910. The fourth-order valence-corrected chi connectivity index (χ4v) is 3.00. The molecule has 0 unspecified atom stereocenters. The van der Waals surface area contributed by atoms with Crippen molar-refractivity contribution in [2.75, 3.05) is 33.1 Å². The van der Waals surface area contributed by atoms with Crippen LogP contribution < -0.4 is 15.5 Å². The number of pyridine rings is 1. The van der Waals surface area contributed by atoms with Crippen molar-refractivity contribution in [3.63, 3.8) is 0 Å². The van der Waals surface area contributed by atoms with Crippen molar-refractivity contribution < 1.29 is 9.53 Å². The first-order valence-corrected chi connectivity index (χ1v) is 10.7. The van der Waals surface area contributed by atoms with Gasteiger partial charge in [0.15, 0.2) is 5.96 Å². The number of nitrogens with zero attached hydrogens (tertiary/aromatic N) is 4. The third-order valence-corrected chi connectivity index (χ3v) is 4.57. The second-order valence-electron chi connectivity index (χ2n) is 8.81. The SMILES string of the molecule is CN=C(NCc1ccc(CN(C)C(=O)OC(C)(C)C)cc1)NCc1cccnc1N(C)C.I. The first kappa shape index (κ1) is 28.5. The molecule has 0 saturated heterocycles. The van der Waals surface area contributed by atoms with E-state index in [1.54, 1.807) is 25.2 Å². The van der Waals surface area contributed by atoms with Crippen LogP contribution in [0.3, 0.4) is 0 Å². The molecule has 9 heteroatoms. The number of amides is 1. The number of hydrogen-bond acceptors (Lipinski definition) is 5. The Morgan fingerprint density at radius 2 is 1.64 bits per heavy atom. The van der Waals surface area contributed by atoms with Crippen LogP contribution in [-0.4, -0.2) is 55.7 Å². The van der Waals surface area contributed by atoms with Crippen LogP contribution in [0.4, 0.5) is 10.6 Å². The molecule has 2 aromatic rings. The van der Waals surface area contributed by atoms with Gasteiger partial charge in [-0.05, 0) is 38.0 Å². The number of rotatable bonds is 7. The normalized spacial score (nSPS) is 11.3. The molecule has 2 rings (SSSR count). The summed E-state index contributed by atoms with van der Waals surface area (Å²) in [4.78, 5) is 24.4. The van der Waals surface area contributed by atoms with Gasteiger partial charge in [-0.2, -0.15) is 0 Å². The van der Waals surface area contributed by atoms with Crippen molar-refractivity contribution in [2.45, 2.75) is 46.0 Å². The predicted octanol–water partition coefficient (Wildman–Crippen LogP) is 4.00. The summed E-state index contributed by atoms with van der Waals surface area (Å²) in [6.45, 7) is 7.33. The molecule has 0 bridgehead atoms. The van der Waals surface area contributed by atoms with E-state index in [-0.39, 0.29) is 30.1 Å². The summed E-state index contributed by atoms with van der Waals surface area (Å²) in [5.41, 5.74) is 2.75. The third kappa shape index (κ3) is 9.85. The summed E-state index contributed by atoms with van der Waals surface area (Å²) < 4.78 is 5.40. The van der Waals surface area contributed by atoms with E-state index in [1.165, 1.54) is 0 Å². The summed E-state index contributed by atoms with van der Waals surface area (Å²) in [6.07, 6.45) is 1.46. The number of benzene rings is 1. The number of carbonyl (C=O) groups is 1. The van der Waals surface area contributed by atoms with Crippen molar-refractivity contribution in [1.29, 1.82) is 0 Å². The number of anilines is 1. The van der Waals surface area contributed by atoms with Crippen LogP contribution in [0.25, 0.3) is 0 Å². The molecule has 0 saturated carbocycles. The fraction of sp³-hybridized carbons (Fsp3) is 0.458. The number of hydrogen-bond donors (Lipinski definition) is 2. The van der Waals surface area contributed by atoms with Gasteiger partial charge in [-0.25, -0.2) is 9.78 Å². The molecule has 1 heterocycles. The molecule has 0 atom stereocenters. The standard InChI is InChI=1S/C24H36N6O2.HI/c1-24(2,3)32-23(31)30(7)17-19-12-10-18(11-13-19)15-27-22(25-4)28-16-20-9-8-14-26-21(20)29(5)6;/h8-14H,15-17H2,1-7H3,(H2,25,27,28);1H. The maximum atomic E-state index is 12.1. The number of guanidine groups is 1. The zero-order chi connectivity index (χ0) is 23.7. The van der Waals surface area contributed by atoms with Gasteiger partial charge in [-0.1, -0.05) is 30.3 Å². The highest BCUT2D eigenvalue weighted by atomic mass is 127. The molecule has 1 aromatic carbocycles. The van der Waals surface area contributed by atoms with Gasteiger partial charge in [0.1, 0.15) is 11.4 Å². The molecule has 0 aliphatic heterocycles. The lowest BCUT2D eigenvalue weighted by molar-refractivity contribution is 0.0285. The van der Waals surface area contributed by atoms with Crippen molar-refractivity contribution in [3.05, 3.63) is 59.3 Å². The Morgan fingerprint density at radius 1 is 1.03 bits per heavy atom. The summed E-state index contributed by atoms with van der Waals surface area (Å²) in [7, 11) is 7.45. The van der Waals surface area contributed by atoms with E-state index in [9.17, 15) is 4.79 Å². The van der Waals surface area contributed by atoms with Gasteiger partial charge in [-0.15, -0.1) is 24.0 Å². The van der Waals surface area contributed by atoms with E-state index >= 15 is 0 Å². The van der Waals surface area contributed by atoms with E-state index in [0.29, 0.717) is 25.6 Å². The van der Waals surface area contributed by atoms with E-state index in [2.05, 4.69) is 26.7 Å². The second-order valence-corrected chi connectivity index (χ2v) is 8.81. The van der Waals surface area contributed by atoms with E-state index < -0.39 is 5.60 Å². The van der Waals surface area contributed by atoms with Gasteiger partial charge in [0.05, 0.1) is 0 Å². The maximum Gasteiger partial charge on any atom is 0.410 e. The number of halogens is 1. The molecule has 33 heavy (non-hydrogen) atoms. The molecule has 182 valence electrons. The minimum absolute atomic E-state index is 0. The van der Waals surface area contributed by atoms with E-state index in [4.69, 9.17) is 4.74 Å². The van der Waals surface area contributed by atoms with Crippen LogP contribution in [0.15, 0.2) is 47.6 Å². The van der Waals surface area contributed by atoms with Crippen molar-refractivity contribution in [2.24, 2.45) is 4.99 Å². The summed E-state index contributed by atoms with van der Waals surface area (Å²) in [5.74, 6) is 1.65. The van der Waals surface area contributed by atoms with Crippen LogP contribution in [0.2, 0.25) is 0 Å². The summed E-state index contributed by atoms with van der Waals surface area (Å²) in [5, 5.41) is 6.66. The lowest BCUT2D eigenvalue weighted by Crippen LogP contribution is -2.36. The lowest BCUT2D eigenvalue weighted by atomic mass is 10.1. The quantitative estimate of drug-likeness (QED) is 0.299. The number of aromatic nitrogens is 1. The van der Waals surface area contributed by atoms with E-state index in [1.807, 2.05) is 70.1 Å². The molecule has 0 spiro atoms. The van der Waals surface area contributed by atoms with Crippen LogP contribution in [-0.2, 0) is 24.4 Å². The molecule has 0 fully saturated rings. The van der Waals surface area contributed by atoms with Gasteiger partial charge >= 0.3 is 6.09 Å². The van der Waals surface area contributed by atoms with Crippen LogP contribution in [0.5, 0.6) is 0 Å². The monoisotopic (exact) mass is 568 g/mol.